The van der Waals surface area contributed by atoms with Crippen molar-refractivity contribution in [2.75, 3.05) is 6.61 Å². The van der Waals surface area contributed by atoms with E-state index >= 15 is 0 Å². The number of carbonyl (C=O) groups excluding carboxylic acids is 1. The Balaban J connectivity index is 2.85. The summed E-state index contributed by atoms with van der Waals surface area (Å²) in [7, 11) is 0. The van der Waals surface area contributed by atoms with Crippen LogP contribution in [-0.2, 0) is 16.0 Å². The van der Waals surface area contributed by atoms with Crippen molar-refractivity contribution < 1.29 is 9.53 Å². The third-order valence-electron chi connectivity index (χ3n) is 2.55. The molecule has 0 spiro atoms. The van der Waals surface area contributed by atoms with Crippen LogP contribution in [0.3, 0.4) is 0 Å². The zero-order chi connectivity index (χ0) is 14.3. The van der Waals surface area contributed by atoms with Gasteiger partial charge in [0.15, 0.2) is 0 Å². The average molecular weight is 257 g/mol. The lowest BCUT2D eigenvalue weighted by Gasteiger charge is -2.05. The highest BCUT2D eigenvalue weighted by molar-refractivity contribution is 5.97. The molecular weight excluding hydrogens is 238 g/mol. The molecular formula is C16H19NO2. The van der Waals surface area contributed by atoms with E-state index < -0.39 is 5.97 Å². The molecule has 0 radical (unpaired) electrons. The van der Waals surface area contributed by atoms with Crippen LogP contribution in [0.2, 0.25) is 0 Å². The van der Waals surface area contributed by atoms with Gasteiger partial charge in [0.1, 0.15) is 11.6 Å². The molecule has 19 heavy (non-hydrogen) atoms. The largest absolute Gasteiger partial charge is 0.462 e. The summed E-state index contributed by atoms with van der Waals surface area (Å²) in [5.41, 5.74) is 2.11. The van der Waals surface area contributed by atoms with Gasteiger partial charge >= 0.3 is 5.97 Å². The standard InChI is InChI=1S/C16H19NO2/c1-4-19-16(18)15(11-17)10-14-7-5-13(6-8-14)9-12(2)3/h5-8,10,12H,4,9H2,1-3H3/b15-10-. The number of nitrogens with zero attached hydrogens (tertiary/aromatic N) is 1. The maximum absolute atomic E-state index is 11.5. The zero-order valence-corrected chi connectivity index (χ0v) is 11.6. The van der Waals surface area contributed by atoms with Crippen LogP contribution in [0, 0.1) is 17.2 Å². The number of rotatable bonds is 5. The molecule has 0 unspecified atom stereocenters. The van der Waals surface area contributed by atoms with Gasteiger partial charge in [0.25, 0.3) is 0 Å². The third kappa shape index (κ3) is 4.97. The molecule has 0 saturated heterocycles. The highest BCUT2D eigenvalue weighted by Gasteiger charge is 2.09. The Morgan fingerprint density at radius 2 is 2.00 bits per heavy atom. The first-order valence-corrected chi connectivity index (χ1v) is 6.44. The number of esters is 1. The molecule has 0 aliphatic rings. The van der Waals surface area contributed by atoms with Gasteiger partial charge in [-0.3, -0.25) is 0 Å². The van der Waals surface area contributed by atoms with Gasteiger partial charge in [0.05, 0.1) is 6.61 Å². The van der Waals surface area contributed by atoms with Crippen molar-refractivity contribution in [2.24, 2.45) is 5.92 Å². The summed E-state index contributed by atoms with van der Waals surface area (Å²) in [4.78, 5) is 11.5. The summed E-state index contributed by atoms with van der Waals surface area (Å²) in [5, 5.41) is 8.94. The predicted octanol–water partition coefficient (Wildman–Crippen LogP) is 3.36. The van der Waals surface area contributed by atoms with E-state index in [9.17, 15) is 4.79 Å². The van der Waals surface area contributed by atoms with Crippen molar-refractivity contribution in [3.63, 3.8) is 0 Å². The second-order valence-electron chi connectivity index (χ2n) is 4.73. The highest BCUT2D eigenvalue weighted by atomic mass is 16.5. The Hall–Kier alpha value is -2.08. The summed E-state index contributed by atoms with van der Waals surface area (Å²) in [5.74, 6) is 0.0341. The van der Waals surface area contributed by atoms with E-state index in [4.69, 9.17) is 10.00 Å². The van der Waals surface area contributed by atoms with E-state index in [0.29, 0.717) is 5.92 Å². The summed E-state index contributed by atoms with van der Waals surface area (Å²) < 4.78 is 4.81. The molecule has 0 amide bonds. The molecule has 0 N–H and O–H groups in total. The molecule has 0 fully saturated rings. The van der Waals surface area contributed by atoms with Crippen LogP contribution in [0.5, 0.6) is 0 Å². The second-order valence-corrected chi connectivity index (χ2v) is 4.73. The molecule has 0 aliphatic heterocycles. The SMILES string of the molecule is CCOC(=O)/C(C#N)=C\c1ccc(CC(C)C)cc1. The van der Waals surface area contributed by atoms with Gasteiger partial charge in [0, 0.05) is 0 Å². The van der Waals surface area contributed by atoms with Gasteiger partial charge in [-0.2, -0.15) is 5.26 Å². The normalized spacial score (nSPS) is 11.2. The van der Waals surface area contributed by atoms with Crippen molar-refractivity contribution in [3.05, 3.63) is 41.0 Å². The van der Waals surface area contributed by atoms with Crippen molar-refractivity contribution in [1.82, 2.24) is 0 Å². The first-order valence-electron chi connectivity index (χ1n) is 6.44. The summed E-state index contributed by atoms with van der Waals surface area (Å²) in [6, 6.07) is 9.73. The summed E-state index contributed by atoms with van der Waals surface area (Å²) >= 11 is 0. The predicted molar refractivity (Wildman–Crippen MR) is 75.2 cm³/mol. The fourth-order valence-corrected chi connectivity index (χ4v) is 1.73. The first kappa shape index (κ1) is 15.0. The molecule has 0 atom stereocenters. The van der Waals surface area contributed by atoms with Crippen LogP contribution in [0.15, 0.2) is 29.8 Å². The minimum Gasteiger partial charge on any atom is -0.462 e. The molecule has 3 nitrogen and oxygen atoms in total. The van der Waals surface area contributed by atoms with E-state index in [-0.39, 0.29) is 12.2 Å². The second kappa shape index (κ2) is 7.38. The Bertz CT molecular complexity index is 492. The minimum atomic E-state index is -0.573. The number of hydrogen-bond donors (Lipinski definition) is 0. The average Bonchev–Trinajstić information content (AvgIpc) is 2.37. The van der Waals surface area contributed by atoms with Crippen LogP contribution in [0.1, 0.15) is 31.9 Å². The van der Waals surface area contributed by atoms with Gasteiger partial charge < -0.3 is 4.74 Å². The van der Waals surface area contributed by atoms with E-state index in [2.05, 4.69) is 13.8 Å². The van der Waals surface area contributed by atoms with Crippen molar-refractivity contribution in [1.29, 1.82) is 5.26 Å². The molecule has 1 rings (SSSR count). The van der Waals surface area contributed by atoms with E-state index in [0.717, 1.165) is 12.0 Å². The van der Waals surface area contributed by atoms with Crippen molar-refractivity contribution in [3.8, 4) is 6.07 Å². The van der Waals surface area contributed by atoms with Crippen LogP contribution in [0.4, 0.5) is 0 Å². The quantitative estimate of drug-likeness (QED) is 0.461. The van der Waals surface area contributed by atoms with E-state index in [1.807, 2.05) is 30.3 Å². The molecule has 0 saturated carbocycles. The van der Waals surface area contributed by atoms with Crippen LogP contribution >= 0.6 is 0 Å². The Kier molecular flexibility index (Phi) is 5.81. The van der Waals surface area contributed by atoms with E-state index in [1.165, 1.54) is 5.56 Å². The fourth-order valence-electron chi connectivity index (χ4n) is 1.73. The van der Waals surface area contributed by atoms with E-state index in [1.54, 1.807) is 13.0 Å². The Labute approximate surface area is 114 Å². The van der Waals surface area contributed by atoms with Crippen LogP contribution < -0.4 is 0 Å². The molecule has 1 aromatic carbocycles. The number of carbonyl (C=O) groups is 1. The Morgan fingerprint density at radius 3 is 2.47 bits per heavy atom. The summed E-state index contributed by atoms with van der Waals surface area (Å²) in [6.07, 6.45) is 2.57. The van der Waals surface area contributed by atoms with Crippen LogP contribution in [-0.4, -0.2) is 12.6 Å². The lowest BCUT2D eigenvalue weighted by Crippen LogP contribution is -2.05. The third-order valence-corrected chi connectivity index (χ3v) is 2.55. The molecule has 1 aromatic rings. The van der Waals surface area contributed by atoms with Crippen molar-refractivity contribution >= 4 is 12.0 Å². The fraction of sp³-hybridized carbons (Fsp3) is 0.375. The number of hydrogen-bond acceptors (Lipinski definition) is 3. The monoisotopic (exact) mass is 257 g/mol. The molecule has 0 aliphatic carbocycles. The molecule has 0 heterocycles. The molecule has 0 bridgehead atoms. The minimum absolute atomic E-state index is 0.0264. The highest BCUT2D eigenvalue weighted by Crippen LogP contribution is 2.12. The topological polar surface area (TPSA) is 50.1 Å². The van der Waals surface area contributed by atoms with Gasteiger partial charge in [-0.05, 0) is 36.5 Å². The van der Waals surface area contributed by atoms with Gasteiger partial charge in [-0.1, -0.05) is 38.1 Å². The molecule has 100 valence electrons. The lowest BCUT2D eigenvalue weighted by atomic mass is 10.0. The molecule has 3 heteroatoms. The van der Waals surface area contributed by atoms with Gasteiger partial charge in [-0.25, -0.2) is 4.79 Å². The number of ether oxygens (including phenoxy) is 1. The smallest absolute Gasteiger partial charge is 0.348 e. The number of benzene rings is 1. The maximum Gasteiger partial charge on any atom is 0.348 e. The molecule has 0 aromatic heterocycles. The van der Waals surface area contributed by atoms with Gasteiger partial charge in [0.2, 0.25) is 0 Å². The van der Waals surface area contributed by atoms with Crippen molar-refractivity contribution in [2.45, 2.75) is 27.2 Å². The summed E-state index contributed by atoms with van der Waals surface area (Å²) in [6.45, 7) is 6.32. The lowest BCUT2D eigenvalue weighted by molar-refractivity contribution is -0.137. The first-order chi connectivity index (χ1) is 9.06. The maximum atomic E-state index is 11.5. The zero-order valence-electron chi connectivity index (χ0n) is 11.6. The van der Waals surface area contributed by atoms with Crippen LogP contribution in [0.25, 0.3) is 6.08 Å². The Morgan fingerprint density at radius 1 is 1.37 bits per heavy atom. The van der Waals surface area contributed by atoms with Gasteiger partial charge in [-0.15, -0.1) is 0 Å². The number of nitriles is 1.